The van der Waals surface area contributed by atoms with Crippen LogP contribution in [0.15, 0.2) is 237 Å². The topological polar surface area (TPSA) is 47.5 Å². The molecule has 0 atom stereocenters. The molecule has 0 unspecified atom stereocenters. The summed E-state index contributed by atoms with van der Waals surface area (Å²) in [5, 5.41) is 11.6. The molecule has 6 heteroatoms. The molecule has 16 rings (SSSR count). The normalized spacial score (nSPS) is 11.6. The molecule has 11 aromatic carbocycles. The van der Waals surface area contributed by atoms with Crippen LogP contribution in [0.5, 0.6) is 0 Å². The maximum absolute atomic E-state index is 4.97. The van der Waals surface area contributed by atoms with Crippen LogP contribution in [0.25, 0.3) is 154 Å². The van der Waals surface area contributed by atoms with Gasteiger partial charge in [-0.25, -0.2) is 0 Å². The summed E-state index contributed by atoms with van der Waals surface area (Å²) in [5.41, 5.74) is 24.6. The van der Waals surface area contributed by atoms with Gasteiger partial charge in [-0.1, -0.05) is 197 Å². The number of hydrogen-bond acceptors (Lipinski definition) is 3. The maximum Gasteiger partial charge on any atom is 0.0609 e. The van der Waals surface area contributed by atoms with Crippen molar-refractivity contribution >= 4 is 65.2 Å². The molecule has 0 fully saturated rings. The average Bonchev–Trinajstić information content (AvgIpc) is 1.31. The maximum atomic E-state index is 4.97. The molecule has 0 aliphatic heterocycles. The number of aryl methyl sites for hydroxylation is 5. The van der Waals surface area contributed by atoms with Crippen molar-refractivity contribution < 1.29 is 20.1 Å². The first-order valence-corrected chi connectivity index (χ1v) is 29.1. The summed E-state index contributed by atoms with van der Waals surface area (Å²) in [5.74, 6) is 0. The van der Waals surface area contributed by atoms with E-state index in [9.17, 15) is 0 Å². The van der Waals surface area contributed by atoms with Gasteiger partial charge in [0.05, 0.1) is 11.3 Å². The Labute approximate surface area is 520 Å². The summed E-state index contributed by atoms with van der Waals surface area (Å²) >= 11 is 0. The Bertz CT molecular complexity index is 5210. The van der Waals surface area contributed by atoms with Gasteiger partial charge in [-0.3, -0.25) is 9.97 Å². The van der Waals surface area contributed by atoms with E-state index in [1.165, 1.54) is 32.3 Å². The van der Waals surface area contributed by atoms with E-state index >= 15 is 0 Å². The number of aromatic nitrogens is 5. The fourth-order valence-corrected chi connectivity index (χ4v) is 13.1. The molecule has 0 bridgehead atoms. The largest absolute Gasteiger partial charge is 0.358 e. The predicted octanol–water partition coefficient (Wildman–Crippen LogP) is 20.9. The Morgan fingerprint density at radius 2 is 0.782 bits per heavy atom. The third-order valence-electron chi connectivity index (χ3n) is 17.7. The Morgan fingerprint density at radius 3 is 1.26 bits per heavy atom. The van der Waals surface area contributed by atoms with Gasteiger partial charge in [0.25, 0.3) is 0 Å². The number of rotatable bonds is 8. The Kier molecular flexibility index (Phi) is 13.7. The van der Waals surface area contributed by atoms with Gasteiger partial charge in [-0.2, -0.15) is 0 Å². The number of benzene rings is 11. The smallest absolute Gasteiger partial charge is 0.0609 e. The molecule has 0 saturated heterocycles. The van der Waals surface area contributed by atoms with Gasteiger partial charge in [0.15, 0.2) is 0 Å². The summed E-state index contributed by atoms with van der Waals surface area (Å²) in [6.07, 6.45) is 6.21. The van der Waals surface area contributed by atoms with Gasteiger partial charge >= 0.3 is 0 Å². The molecule has 0 N–H and O–H groups in total. The molecule has 1 radical (unpaired) electrons. The van der Waals surface area contributed by atoms with Crippen LogP contribution in [0, 0.1) is 60.2 Å². The van der Waals surface area contributed by atoms with Crippen molar-refractivity contribution in [3.8, 4) is 89.1 Å². The number of pyridine rings is 3. The van der Waals surface area contributed by atoms with Crippen molar-refractivity contribution in [1.82, 2.24) is 23.8 Å². The van der Waals surface area contributed by atoms with E-state index < -0.39 is 0 Å². The van der Waals surface area contributed by atoms with Gasteiger partial charge in [-0.15, -0.1) is 81.7 Å². The van der Waals surface area contributed by atoms with Crippen LogP contribution in [0.4, 0.5) is 0 Å². The quantitative estimate of drug-likeness (QED) is 0.113. The molecule has 0 aliphatic carbocycles. The zero-order valence-corrected chi connectivity index (χ0v) is 51.5. The summed E-state index contributed by atoms with van der Waals surface area (Å²) < 4.78 is 4.34. The second-order valence-corrected chi connectivity index (χ2v) is 22.7. The minimum absolute atomic E-state index is 0. The third-order valence-corrected chi connectivity index (χ3v) is 17.7. The summed E-state index contributed by atoms with van der Waals surface area (Å²) in [4.78, 5) is 14.9. The van der Waals surface area contributed by atoms with Crippen molar-refractivity contribution in [3.05, 3.63) is 291 Å². The predicted molar refractivity (Wildman–Crippen MR) is 359 cm³/mol. The second kappa shape index (κ2) is 21.8. The fraction of sp³-hybridized carbons (Fsp3) is 0.0617. The molecule has 5 aromatic heterocycles. The molecule has 16 aromatic rings. The molecule has 87 heavy (non-hydrogen) atoms. The van der Waals surface area contributed by atoms with E-state index in [2.05, 4.69) is 292 Å². The molecule has 419 valence electrons. The van der Waals surface area contributed by atoms with Crippen molar-refractivity contribution in [2.75, 3.05) is 0 Å². The number of fused-ring (bicyclic) bond motifs is 12. The van der Waals surface area contributed by atoms with Crippen LogP contribution in [0.2, 0.25) is 0 Å². The Hall–Kier alpha value is -10.1. The molecular weight excluding hydrogens is 1240 g/mol. The number of imidazole rings is 2. The molecule has 0 amide bonds. The van der Waals surface area contributed by atoms with Crippen LogP contribution in [-0.4, -0.2) is 23.8 Å². The van der Waals surface area contributed by atoms with Gasteiger partial charge < -0.3 is 21.2 Å². The number of hydrogen-bond donors (Lipinski definition) is 0. The zero-order chi connectivity index (χ0) is 57.0. The van der Waals surface area contributed by atoms with Gasteiger partial charge in [-0.05, 0) is 154 Å². The van der Waals surface area contributed by atoms with Crippen molar-refractivity contribution in [3.63, 3.8) is 0 Å². The van der Waals surface area contributed by atoms with Crippen molar-refractivity contribution in [2.24, 2.45) is 0 Å². The van der Waals surface area contributed by atoms with E-state index in [0.29, 0.717) is 0 Å². The van der Waals surface area contributed by atoms with E-state index in [0.717, 1.165) is 150 Å². The third kappa shape index (κ3) is 9.14. The first-order valence-electron chi connectivity index (χ1n) is 29.1. The van der Waals surface area contributed by atoms with E-state index in [1.54, 1.807) is 0 Å². The van der Waals surface area contributed by atoms with Gasteiger partial charge in [0.1, 0.15) is 0 Å². The SMILES string of the molecule is Cc1ccc(-c2[c-]cc(-c3ccccc3-c3cc(-c4ccccc4-c4c[c-]c5c(ccn6c(C)c(C)nc56)c4)cc(-c4ccccc4-c4c[c-]c5c(ccn6c(C)c(C)nc56)c4)c3)c(-c3ccc4c5ccccc5c5ccccc5c4c3)c2)nc1.[CH3-].[Ir]. The van der Waals surface area contributed by atoms with E-state index in [-0.39, 0.29) is 27.5 Å². The molecule has 0 spiro atoms. The summed E-state index contributed by atoms with van der Waals surface area (Å²) in [7, 11) is 0. The molecule has 5 nitrogen and oxygen atoms in total. The first-order chi connectivity index (χ1) is 41.7. The van der Waals surface area contributed by atoms with Gasteiger partial charge in [0, 0.05) is 49.1 Å². The fourth-order valence-electron chi connectivity index (χ4n) is 13.1. The molecular formula is C81H57IrN5-4. The standard InChI is InChI=1S/C80H54N5.CH3.Ir/c1-48-26-35-78(81-47-48)58-30-34-74(76(46-58)55-29-33-75-72-24-13-12-22-70(72)71-23-14-15-25-73(71)77(75)45-55)69-21-11-10-20-66(69)61-43-59(64-18-8-6-16-62(64)53-27-31-67-56(40-53)36-38-84-51(4)49(2)82-79(67)84)42-60(44-61)65-19-9-7-17-63(65)54-28-32-68-57(41-54)37-39-85-52(5)50(3)83-80(68)85;;/h6-29,33-47H,1-5H3;1H3;/q-3;-1;. The van der Waals surface area contributed by atoms with Crippen LogP contribution in [-0.2, 0) is 20.1 Å². The average molecular weight is 1290 g/mol. The molecule has 0 saturated carbocycles. The van der Waals surface area contributed by atoms with Crippen molar-refractivity contribution in [2.45, 2.75) is 34.6 Å². The molecule has 0 aliphatic rings. The van der Waals surface area contributed by atoms with Crippen molar-refractivity contribution in [1.29, 1.82) is 0 Å². The summed E-state index contributed by atoms with van der Waals surface area (Å²) in [6.45, 7) is 10.5. The molecule has 5 heterocycles. The summed E-state index contributed by atoms with van der Waals surface area (Å²) in [6, 6.07) is 91.4. The van der Waals surface area contributed by atoms with Crippen LogP contribution < -0.4 is 0 Å². The van der Waals surface area contributed by atoms with Gasteiger partial charge in [0.2, 0.25) is 0 Å². The van der Waals surface area contributed by atoms with E-state index in [1.807, 2.05) is 6.20 Å². The van der Waals surface area contributed by atoms with Crippen LogP contribution >= 0.6 is 0 Å². The minimum atomic E-state index is 0. The number of nitrogens with zero attached hydrogens (tertiary/aromatic N) is 5. The second-order valence-electron chi connectivity index (χ2n) is 22.7. The Morgan fingerprint density at radius 1 is 0.345 bits per heavy atom. The van der Waals surface area contributed by atoms with E-state index in [4.69, 9.17) is 15.0 Å². The van der Waals surface area contributed by atoms with Crippen LogP contribution in [0.3, 0.4) is 0 Å². The zero-order valence-electron chi connectivity index (χ0n) is 49.1. The van der Waals surface area contributed by atoms with Crippen LogP contribution in [0.1, 0.15) is 28.3 Å². The first kappa shape index (κ1) is 54.8. The minimum Gasteiger partial charge on any atom is -0.358 e. The monoisotopic (exact) mass is 1290 g/mol. The Balaban J connectivity index is 0.00000333.